The molecule has 1 atom stereocenters. The van der Waals surface area contributed by atoms with E-state index in [0.29, 0.717) is 23.1 Å². The van der Waals surface area contributed by atoms with Crippen molar-refractivity contribution >= 4 is 29.3 Å². The lowest BCUT2D eigenvalue weighted by Crippen LogP contribution is -2.44. The standard InChI is InChI=1S/C19H30Cl2N2O2/c1-7-17(15-9-8-14(20)12-16(15)21)22-10-11-23(13(2)3)18(24)25-19(4,5)6/h8-9,12-13,17,22H,7,10-11H2,1-6H3. The zero-order valence-electron chi connectivity index (χ0n) is 16.0. The van der Waals surface area contributed by atoms with E-state index in [0.717, 1.165) is 12.0 Å². The number of halogens is 2. The summed E-state index contributed by atoms with van der Waals surface area (Å²) in [5.74, 6) is 0. The number of hydrogen-bond acceptors (Lipinski definition) is 3. The van der Waals surface area contributed by atoms with Crippen molar-refractivity contribution in [2.24, 2.45) is 0 Å². The Morgan fingerprint density at radius 3 is 2.40 bits per heavy atom. The number of carbonyl (C=O) groups is 1. The maximum atomic E-state index is 12.3. The molecule has 0 fully saturated rings. The fraction of sp³-hybridized carbons (Fsp3) is 0.632. The Bertz CT molecular complexity index is 571. The van der Waals surface area contributed by atoms with Crippen molar-refractivity contribution in [2.75, 3.05) is 13.1 Å². The average Bonchev–Trinajstić information content (AvgIpc) is 2.46. The predicted molar refractivity (Wildman–Crippen MR) is 106 cm³/mol. The molecule has 0 spiro atoms. The predicted octanol–water partition coefficient (Wildman–Crippen LogP) is 5.68. The van der Waals surface area contributed by atoms with Gasteiger partial charge in [-0.2, -0.15) is 0 Å². The highest BCUT2D eigenvalue weighted by Gasteiger charge is 2.24. The first-order chi connectivity index (χ1) is 11.5. The van der Waals surface area contributed by atoms with Crippen LogP contribution in [0.5, 0.6) is 0 Å². The van der Waals surface area contributed by atoms with Gasteiger partial charge in [0.05, 0.1) is 0 Å². The molecule has 0 saturated heterocycles. The zero-order valence-corrected chi connectivity index (χ0v) is 17.5. The number of nitrogens with zero attached hydrogens (tertiary/aromatic N) is 1. The second-order valence-electron chi connectivity index (χ2n) is 7.35. The summed E-state index contributed by atoms with van der Waals surface area (Å²) < 4.78 is 5.49. The highest BCUT2D eigenvalue weighted by Crippen LogP contribution is 2.27. The van der Waals surface area contributed by atoms with E-state index in [1.165, 1.54) is 0 Å². The van der Waals surface area contributed by atoms with E-state index in [2.05, 4.69) is 12.2 Å². The first kappa shape index (κ1) is 22.1. The summed E-state index contributed by atoms with van der Waals surface area (Å²) in [6, 6.07) is 5.71. The molecule has 4 nitrogen and oxygen atoms in total. The first-order valence-electron chi connectivity index (χ1n) is 8.73. The quantitative estimate of drug-likeness (QED) is 0.652. The molecule has 25 heavy (non-hydrogen) atoms. The Morgan fingerprint density at radius 1 is 1.28 bits per heavy atom. The van der Waals surface area contributed by atoms with Crippen LogP contribution in [0, 0.1) is 0 Å². The molecule has 0 saturated carbocycles. The number of carbonyl (C=O) groups excluding carboxylic acids is 1. The van der Waals surface area contributed by atoms with Crippen molar-refractivity contribution in [3.63, 3.8) is 0 Å². The van der Waals surface area contributed by atoms with E-state index in [1.54, 1.807) is 11.0 Å². The van der Waals surface area contributed by atoms with Gasteiger partial charge in [0.25, 0.3) is 0 Å². The van der Waals surface area contributed by atoms with Crippen LogP contribution >= 0.6 is 23.2 Å². The third-order valence-corrected chi connectivity index (χ3v) is 4.30. The minimum absolute atomic E-state index is 0.0656. The van der Waals surface area contributed by atoms with Crippen LogP contribution in [0.3, 0.4) is 0 Å². The molecule has 0 aliphatic rings. The molecular formula is C19H30Cl2N2O2. The van der Waals surface area contributed by atoms with Crippen LogP contribution in [0.1, 0.15) is 59.6 Å². The minimum Gasteiger partial charge on any atom is -0.444 e. The summed E-state index contributed by atoms with van der Waals surface area (Å²) in [5.41, 5.74) is 0.516. The van der Waals surface area contributed by atoms with E-state index in [4.69, 9.17) is 27.9 Å². The lowest BCUT2D eigenvalue weighted by molar-refractivity contribution is 0.0192. The van der Waals surface area contributed by atoms with Crippen molar-refractivity contribution in [3.05, 3.63) is 33.8 Å². The summed E-state index contributed by atoms with van der Waals surface area (Å²) in [4.78, 5) is 14.1. The van der Waals surface area contributed by atoms with Gasteiger partial charge in [0.1, 0.15) is 5.60 Å². The highest BCUT2D eigenvalue weighted by molar-refractivity contribution is 6.35. The molecule has 1 unspecified atom stereocenters. The molecule has 0 aromatic heterocycles. The van der Waals surface area contributed by atoms with Gasteiger partial charge in [-0.05, 0) is 58.7 Å². The molecule has 0 aliphatic heterocycles. The largest absolute Gasteiger partial charge is 0.444 e. The third kappa shape index (κ3) is 7.43. The van der Waals surface area contributed by atoms with Crippen LogP contribution < -0.4 is 5.32 Å². The molecule has 1 aromatic carbocycles. The van der Waals surface area contributed by atoms with Crippen molar-refractivity contribution in [1.82, 2.24) is 10.2 Å². The number of ether oxygens (including phenoxy) is 1. The Balaban J connectivity index is 2.68. The van der Waals surface area contributed by atoms with Crippen molar-refractivity contribution < 1.29 is 9.53 Å². The molecule has 1 rings (SSSR count). The second kappa shape index (κ2) is 9.65. The summed E-state index contributed by atoms with van der Waals surface area (Å²) in [6.45, 7) is 12.9. The van der Waals surface area contributed by atoms with Crippen LogP contribution in [0.25, 0.3) is 0 Å². The Kier molecular flexibility index (Phi) is 8.52. The number of rotatable bonds is 7. The molecule has 6 heteroatoms. The van der Waals surface area contributed by atoms with Gasteiger partial charge in [-0.25, -0.2) is 4.79 Å². The summed E-state index contributed by atoms with van der Waals surface area (Å²) in [5, 5.41) is 4.75. The van der Waals surface area contributed by atoms with E-state index >= 15 is 0 Å². The monoisotopic (exact) mass is 388 g/mol. The van der Waals surface area contributed by atoms with Crippen LogP contribution in [0.2, 0.25) is 10.0 Å². The van der Waals surface area contributed by atoms with Crippen molar-refractivity contribution in [2.45, 2.75) is 65.6 Å². The topological polar surface area (TPSA) is 41.6 Å². The van der Waals surface area contributed by atoms with Gasteiger partial charge in [0.15, 0.2) is 0 Å². The lowest BCUT2D eigenvalue weighted by Gasteiger charge is -2.31. The summed E-state index contributed by atoms with van der Waals surface area (Å²) in [6.07, 6.45) is 0.594. The Labute approximate surface area is 161 Å². The maximum Gasteiger partial charge on any atom is 0.410 e. The number of nitrogens with one attached hydrogen (secondary N) is 1. The van der Waals surface area contributed by atoms with E-state index in [-0.39, 0.29) is 18.2 Å². The SMILES string of the molecule is CCC(NCCN(C(=O)OC(C)(C)C)C(C)C)c1ccc(Cl)cc1Cl. The van der Waals surface area contributed by atoms with E-state index in [1.807, 2.05) is 46.8 Å². The molecule has 142 valence electrons. The first-order valence-corrected chi connectivity index (χ1v) is 9.48. The van der Waals surface area contributed by atoms with E-state index in [9.17, 15) is 4.79 Å². The minimum atomic E-state index is -0.500. The molecular weight excluding hydrogens is 359 g/mol. The van der Waals surface area contributed by atoms with Gasteiger partial charge >= 0.3 is 6.09 Å². The van der Waals surface area contributed by atoms with Gasteiger partial charge in [-0.1, -0.05) is 36.2 Å². The van der Waals surface area contributed by atoms with Crippen molar-refractivity contribution in [3.8, 4) is 0 Å². The van der Waals surface area contributed by atoms with Gasteiger partial charge in [-0.3, -0.25) is 0 Å². The van der Waals surface area contributed by atoms with Gasteiger partial charge < -0.3 is 15.0 Å². The molecule has 1 N–H and O–H groups in total. The van der Waals surface area contributed by atoms with Crippen LogP contribution in [-0.2, 0) is 4.74 Å². The molecule has 0 aliphatic carbocycles. The van der Waals surface area contributed by atoms with Crippen LogP contribution in [0.4, 0.5) is 4.79 Å². The van der Waals surface area contributed by atoms with E-state index < -0.39 is 5.60 Å². The van der Waals surface area contributed by atoms with Crippen LogP contribution in [0.15, 0.2) is 18.2 Å². The smallest absolute Gasteiger partial charge is 0.410 e. The molecule has 0 radical (unpaired) electrons. The number of hydrogen-bond donors (Lipinski definition) is 1. The molecule has 1 amide bonds. The van der Waals surface area contributed by atoms with Gasteiger partial charge in [-0.15, -0.1) is 0 Å². The zero-order chi connectivity index (χ0) is 19.2. The second-order valence-corrected chi connectivity index (χ2v) is 8.19. The lowest BCUT2D eigenvalue weighted by atomic mass is 10.0. The molecule has 0 bridgehead atoms. The maximum absolute atomic E-state index is 12.3. The summed E-state index contributed by atoms with van der Waals surface area (Å²) in [7, 11) is 0. The van der Waals surface area contributed by atoms with Crippen LogP contribution in [-0.4, -0.2) is 35.7 Å². The van der Waals surface area contributed by atoms with Gasteiger partial charge in [0.2, 0.25) is 0 Å². The van der Waals surface area contributed by atoms with Crippen molar-refractivity contribution in [1.29, 1.82) is 0 Å². The van der Waals surface area contributed by atoms with Gasteiger partial charge in [0, 0.05) is 35.2 Å². The fourth-order valence-electron chi connectivity index (χ4n) is 2.50. The fourth-order valence-corrected chi connectivity index (χ4v) is 3.04. The normalized spacial score (nSPS) is 13.0. The highest BCUT2D eigenvalue weighted by atomic mass is 35.5. The molecule has 1 aromatic rings. The average molecular weight is 389 g/mol. The third-order valence-electron chi connectivity index (χ3n) is 3.74. The Hall–Kier alpha value is -0.970. The summed E-state index contributed by atoms with van der Waals surface area (Å²) >= 11 is 12.3. The Morgan fingerprint density at radius 2 is 1.92 bits per heavy atom. The molecule has 0 heterocycles. The number of benzene rings is 1. The number of amides is 1.